The molecule has 0 saturated carbocycles. The maximum absolute atomic E-state index is 6.62. The second kappa shape index (κ2) is 11.0. The smallest absolute Gasteiger partial charge is 0.145 e. The summed E-state index contributed by atoms with van der Waals surface area (Å²) in [6.45, 7) is 4.31. The molecular formula is C48H30N2O2. The lowest BCUT2D eigenvalue weighted by molar-refractivity contribution is 0.669. The Morgan fingerprint density at radius 1 is 0.481 bits per heavy atom. The fourth-order valence-corrected chi connectivity index (χ4v) is 8.07. The van der Waals surface area contributed by atoms with Gasteiger partial charge in [0, 0.05) is 50.1 Å². The van der Waals surface area contributed by atoms with Crippen LogP contribution < -0.4 is 4.90 Å². The van der Waals surface area contributed by atoms with Gasteiger partial charge in [-0.3, -0.25) is 0 Å². The number of furan rings is 2. The van der Waals surface area contributed by atoms with E-state index in [4.69, 9.17) is 8.83 Å². The Labute approximate surface area is 299 Å². The first-order chi connectivity index (χ1) is 25.7. The van der Waals surface area contributed by atoms with Crippen molar-refractivity contribution in [3.8, 4) is 16.8 Å². The van der Waals surface area contributed by atoms with Crippen molar-refractivity contribution >= 4 is 82.6 Å². The average molecular weight is 667 g/mol. The monoisotopic (exact) mass is 666 g/mol. The molecular weight excluding hydrogens is 637 g/mol. The number of hydrogen-bond acceptors (Lipinski definition) is 3. The molecule has 4 heterocycles. The highest BCUT2D eigenvalue weighted by molar-refractivity contribution is 6.24. The number of aromatic nitrogens is 1. The first-order valence-corrected chi connectivity index (χ1v) is 17.5. The number of benzene rings is 7. The minimum absolute atomic E-state index is 0.859. The summed E-state index contributed by atoms with van der Waals surface area (Å²) >= 11 is 0. The Hall–Kier alpha value is -7.04. The van der Waals surface area contributed by atoms with Crippen LogP contribution in [0.4, 0.5) is 11.4 Å². The van der Waals surface area contributed by atoms with Crippen LogP contribution in [0.25, 0.3) is 88.1 Å². The zero-order chi connectivity index (χ0) is 34.3. The number of fused-ring (bicyclic) bond motifs is 11. The topological polar surface area (TPSA) is 34.5 Å². The molecule has 52 heavy (non-hydrogen) atoms. The lowest BCUT2D eigenvalue weighted by Gasteiger charge is -2.25. The molecule has 0 spiro atoms. The van der Waals surface area contributed by atoms with E-state index in [1.807, 2.05) is 12.1 Å². The van der Waals surface area contributed by atoms with Gasteiger partial charge in [0.25, 0.3) is 0 Å². The van der Waals surface area contributed by atoms with Crippen LogP contribution in [0.3, 0.4) is 0 Å². The minimum atomic E-state index is 0.859. The molecule has 0 bridgehead atoms. The summed E-state index contributed by atoms with van der Waals surface area (Å²) in [4.78, 5) is 2.22. The molecule has 0 radical (unpaired) electrons. The molecule has 0 amide bonds. The predicted molar refractivity (Wildman–Crippen MR) is 217 cm³/mol. The van der Waals surface area contributed by atoms with Crippen molar-refractivity contribution in [3.05, 3.63) is 182 Å². The number of rotatable bonds is 3. The molecule has 4 heteroatoms. The van der Waals surface area contributed by atoms with E-state index in [2.05, 4.69) is 174 Å². The van der Waals surface area contributed by atoms with Crippen LogP contribution in [0, 0.1) is 0 Å². The number of nitrogens with zero attached hydrogens (tertiary/aromatic N) is 2. The average Bonchev–Trinajstić information content (AvgIpc) is 3.86. The molecule has 11 rings (SSSR count). The van der Waals surface area contributed by atoms with Gasteiger partial charge in [-0.25, -0.2) is 0 Å². The highest BCUT2D eigenvalue weighted by Gasteiger charge is 2.20. The quantitative estimate of drug-likeness (QED) is 0.188. The summed E-state index contributed by atoms with van der Waals surface area (Å²) in [5.41, 5.74) is 13.4. The molecule has 7 aromatic carbocycles. The molecule has 0 aliphatic carbocycles. The van der Waals surface area contributed by atoms with Gasteiger partial charge in [-0.15, -0.1) is 0 Å². The fraction of sp³-hybridized carbons (Fsp3) is 0. The van der Waals surface area contributed by atoms with Crippen LogP contribution in [0.15, 0.2) is 185 Å². The molecule has 3 aromatic heterocycles. The molecule has 1 aliphatic rings. The Kier molecular flexibility index (Phi) is 6.07. The van der Waals surface area contributed by atoms with Crippen molar-refractivity contribution in [1.82, 2.24) is 4.57 Å². The van der Waals surface area contributed by atoms with Gasteiger partial charge < -0.3 is 18.3 Å². The van der Waals surface area contributed by atoms with Gasteiger partial charge in [0.05, 0.1) is 22.1 Å². The summed E-state index contributed by atoms with van der Waals surface area (Å²) in [5.74, 6) is 0. The maximum atomic E-state index is 6.62. The van der Waals surface area contributed by atoms with Crippen molar-refractivity contribution < 1.29 is 8.83 Å². The van der Waals surface area contributed by atoms with Gasteiger partial charge in [0.2, 0.25) is 0 Å². The third kappa shape index (κ3) is 4.21. The normalized spacial score (nSPS) is 14.5. The van der Waals surface area contributed by atoms with Gasteiger partial charge in [0.1, 0.15) is 22.3 Å². The maximum Gasteiger partial charge on any atom is 0.145 e. The zero-order valence-corrected chi connectivity index (χ0v) is 28.1. The third-order valence-electron chi connectivity index (χ3n) is 10.5. The molecule has 0 saturated heterocycles. The van der Waals surface area contributed by atoms with E-state index in [-0.39, 0.29) is 0 Å². The highest BCUT2D eigenvalue weighted by Crippen LogP contribution is 2.43. The number of hydrogen-bond donors (Lipinski definition) is 0. The Morgan fingerprint density at radius 2 is 1.19 bits per heavy atom. The van der Waals surface area contributed by atoms with Gasteiger partial charge in [0.15, 0.2) is 0 Å². The van der Waals surface area contributed by atoms with Crippen LogP contribution in [0.2, 0.25) is 0 Å². The lowest BCUT2D eigenvalue weighted by atomic mass is 9.99. The summed E-state index contributed by atoms with van der Waals surface area (Å²) in [6.07, 6.45) is 8.26. The molecule has 0 fully saturated rings. The zero-order valence-electron chi connectivity index (χ0n) is 28.1. The summed E-state index contributed by atoms with van der Waals surface area (Å²) in [5, 5.41) is 6.67. The van der Waals surface area contributed by atoms with E-state index < -0.39 is 0 Å². The fourth-order valence-electron chi connectivity index (χ4n) is 8.07. The first-order valence-electron chi connectivity index (χ1n) is 17.5. The van der Waals surface area contributed by atoms with E-state index in [9.17, 15) is 0 Å². The molecule has 0 N–H and O–H groups in total. The van der Waals surface area contributed by atoms with E-state index in [0.29, 0.717) is 0 Å². The first kappa shape index (κ1) is 28.8. The summed E-state index contributed by atoms with van der Waals surface area (Å²) < 4.78 is 15.4. The van der Waals surface area contributed by atoms with Crippen LogP contribution in [0.1, 0.15) is 5.56 Å². The van der Waals surface area contributed by atoms with E-state index in [1.54, 1.807) is 0 Å². The van der Waals surface area contributed by atoms with Crippen molar-refractivity contribution in [2.75, 3.05) is 4.90 Å². The lowest BCUT2D eigenvalue weighted by Crippen LogP contribution is -2.11. The van der Waals surface area contributed by atoms with E-state index in [0.717, 1.165) is 105 Å². The highest BCUT2D eigenvalue weighted by atomic mass is 16.3. The van der Waals surface area contributed by atoms with Crippen molar-refractivity contribution in [1.29, 1.82) is 0 Å². The number of anilines is 2. The number of allylic oxidation sites excluding steroid dienone is 4. The minimum Gasteiger partial charge on any atom is -0.456 e. The standard InChI is InChI=1S/C48H30N2O2/c1-30-11-9-10-26-49(41-16-7-5-14-35(30)41)34-20-25-46-39(29-34)38-27-32(19-24-45(38)51-46)31-18-22-42-40(28-31)47-43(50(42)33-12-3-2-4-13-33)23-21-37-36-15-6-8-17-44(36)52-48(37)47/h2-29H,1H2/b11-9-,26-10-. The molecule has 0 atom stereocenters. The SMILES string of the molecule is C=C1/C=C\C=C/N(c2ccc3oc4ccc(-c5ccc6c(c5)c5c7oc8ccccc8c7ccc5n6-c5ccccc5)cc4c3c2)c2ccccc21. The summed E-state index contributed by atoms with van der Waals surface area (Å²) in [7, 11) is 0. The van der Waals surface area contributed by atoms with Crippen LogP contribution >= 0.6 is 0 Å². The Morgan fingerprint density at radius 3 is 2.10 bits per heavy atom. The molecule has 244 valence electrons. The Bertz CT molecular complexity index is 3150. The van der Waals surface area contributed by atoms with E-state index in [1.165, 1.54) is 0 Å². The van der Waals surface area contributed by atoms with Gasteiger partial charge in [-0.1, -0.05) is 85.5 Å². The Balaban J connectivity index is 1.11. The van der Waals surface area contributed by atoms with Gasteiger partial charge >= 0.3 is 0 Å². The molecule has 4 nitrogen and oxygen atoms in total. The van der Waals surface area contributed by atoms with Crippen molar-refractivity contribution in [2.24, 2.45) is 0 Å². The predicted octanol–water partition coefficient (Wildman–Crippen LogP) is 13.5. The van der Waals surface area contributed by atoms with Crippen LogP contribution in [-0.4, -0.2) is 4.57 Å². The molecule has 1 aliphatic heterocycles. The molecule has 0 unspecified atom stereocenters. The summed E-state index contributed by atoms with van der Waals surface area (Å²) in [6, 6.07) is 51.5. The second-order valence-electron chi connectivity index (χ2n) is 13.4. The van der Waals surface area contributed by atoms with Crippen LogP contribution in [0.5, 0.6) is 0 Å². The van der Waals surface area contributed by atoms with Crippen molar-refractivity contribution in [3.63, 3.8) is 0 Å². The van der Waals surface area contributed by atoms with Gasteiger partial charge in [-0.05, 0) is 102 Å². The van der Waals surface area contributed by atoms with E-state index >= 15 is 0 Å². The molecule has 10 aromatic rings. The third-order valence-corrected chi connectivity index (χ3v) is 10.5. The van der Waals surface area contributed by atoms with Crippen molar-refractivity contribution in [2.45, 2.75) is 0 Å². The van der Waals surface area contributed by atoms with Crippen LogP contribution in [-0.2, 0) is 0 Å². The largest absolute Gasteiger partial charge is 0.456 e. The van der Waals surface area contributed by atoms with Gasteiger partial charge in [-0.2, -0.15) is 0 Å². The number of para-hydroxylation sites is 3. The second-order valence-corrected chi connectivity index (χ2v) is 13.4.